The summed E-state index contributed by atoms with van der Waals surface area (Å²) in [6.45, 7) is 6.74. The van der Waals surface area contributed by atoms with Crippen LogP contribution in [0.25, 0.3) is 0 Å². The number of unbranched alkanes of at least 4 members (excludes halogenated alkanes) is 1. The van der Waals surface area contributed by atoms with Gasteiger partial charge >= 0.3 is 0 Å². The zero-order chi connectivity index (χ0) is 8.69. The van der Waals surface area contributed by atoms with Crippen LogP contribution in [0.1, 0.15) is 26.7 Å². The summed E-state index contributed by atoms with van der Waals surface area (Å²) >= 11 is 0. The zero-order valence-electron chi connectivity index (χ0n) is 8.35. The van der Waals surface area contributed by atoms with Gasteiger partial charge in [0.15, 0.2) is 0 Å². The van der Waals surface area contributed by atoms with Crippen LogP contribution in [-0.2, 0) is 0 Å². The maximum Gasteiger partial charge on any atom is 0.00103 e. The summed E-state index contributed by atoms with van der Waals surface area (Å²) in [5.74, 6) is 0. The fourth-order valence-electron chi connectivity index (χ4n) is 0.944. The van der Waals surface area contributed by atoms with E-state index in [1.165, 1.54) is 19.4 Å². The van der Waals surface area contributed by atoms with Gasteiger partial charge in [0.2, 0.25) is 0 Å². The van der Waals surface area contributed by atoms with Crippen LogP contribution in [0, 0.1) is 0 Å². The molecule has 0 radical (unpaired) electrons. The van der Waals surface area contributed by atoms with Crippen LogP contribution in [-0.4, -0.2) is 38.1 Å². The normalized spacial score (nSPS) is 11.5. The van der Waals surface area contributed by atoms with Gasteiger partial charge in [-0.3, -0.25) is 0 Å². The van der Waals surface area contributed by atoms with Crippen LogP contribution in [0.2, 0.25) is 0 Å². The van der Waals surface area contributed by atoms with E-state index in [1.807, 2.05) is 0 Å². The minimum absolute atomic E-state index is 0.634. The molecule has 0 saturated heterocycles. The summed E-state index contributed by atoms with van der Waals surface area (Å²) in [5, 5.41) is 3.40. The standard InChI is InChI=1S/C9H22N2/c1-9(2)10-7-5-6-8-11(3)4/h9-10H,5-8H2,1-4H3. The van der Waals surface area contributed by atoms with E-state index < -0.39 is 0 Å². The van der Waals surface area contributed by atoms with Crippen molar-refractivity contribution in [2.24, 2.45) is 0 Å². The van der Waals surface area contributed by atoms with Gasteiger partial charge in [0.1, 0.15) is 0 Å². The van der Waals surface area contributed by atoms with E-state index >= 15 is 0 Å². The number of hydrogen-bond donors (Lipinski definition) is 1. The monoisotopic (exact) mass is 158 g/mol. The first-order valence-electron chi connectivity index (χ1n) is 4.51. The molecule has 0 aliphatic heterocycles. The predicted molar refractivity (Wildman–Crippen MR) is 50.9 cm³/mol. The molecule has 0 bridgehead atoms. The Kier molecular flexibility index (Phi) is 6.57. The van der Waals surface area contributed by atoms with Crippen molar-refractivity contribution in [3.63, 3.8) is 0 Å². The molecule has 0 spiro atoms. The minimum Gasteiger partial charge on any atom is -0.315 e. The molecule has 0 heterocycles. The molecular formula is C9H22N2. The van der Waals surface area contributed by atoms with E-state index in [0.717, 1.165) is 6.54 Å². The van der Waals surface area contributed by atoms with E-state index in [2.05, 4.69) is 38.2 Å². The van der Waals surface area contributed by atoms with Gasteiger partial charge in [-0.05, 0) is 40.0 Å². The van der Waals surface area contributed by atoms with Crippen LogP contribution in [0.15, 0.2) is 0 Å². The lowest BCUT2D eigenvalue weighted by Gasteiger charge is -2.10. The van der Waals surface area contributed by atoms with Gasteiger partial charge < -0.3 is 10.2 Å². The first-order chi connectivity index (χ1) is 5.13. The Morgan fingerprint density at radius 2 is 1.82 bits per heavy atom. The molecule has 0 aromatic carbocycles. The molecular weight excluding hydrogens is 136 g/mol. The predicted octanol–water partition coefficient (Wildman–Crippen LogP) is 1.33. The van der Waals surface area contributed by atoms with Crippen molar-refractivity contribution >= 4 is 0 Å². The molecule has 0 aliphatic rings. The maximum absolute atomic E-state index is 3.40. The van der Waals surface area contributed by atoms with E-state index in [0.29, 0.717) is 6.04 Å². The highest BCUT2D eigenvalue weighted by Crippen LogP contribution is 1.89. The SMILES string of the molecule is CC(C)NCCCCN(C)C. The quantitative estimate of drug-likeness (QED) is 0.587. The van der Waals surface area contributed by atoms with Gasteiger partial charge in [-0.2, -0.15) is 0 Å². The highest BCUT2D eigenvalue weighted by molar-refractivity contribution is 4.53. The van der Waals surface area contributed by atoms with Crippen molar-refractivity contribution in [2.75, 3.05) is 27.2 Å². The van der Waals surface area contributed by atoms with E-state index in [9.17, 15) is 0 Å². The van der Waals surface area contributed by atoms with Gasteiger partial charge in [-0.25, -0.2) is 0 Å². The van der Waals surface area contributed by atoms with Crippen LogP contribution in [0.5, 0.6) is 0 Å². The molecule has 11 heavy (non-hydrogen) atoms. The summed E-state index contributed by atoms with van der Waals surface area (Å²) in [7, 11) is 4.24. The van der Waals surface area contributed by atoms with Gasteiger partial charge in [0.05, 0.1) is 0 Å². The molecule has 0 aliphatic carbocycles. The van der Waals surface area contributed by atoms with E-state index in [4.69, 9.17) is 0 Å². The Hall–Kier alpha value is -0.0800. The van der Waals surface area contributed by atoms with Gasteiger partial charge in [0.25, 0.3) is 0 Å². The third kappa shape index (κ3) is 9.92. The largest absolute Gasteiger partial charge is 0.315 e. The third-order valence-corrected chi connectivity index (χ3v) is 1.58. The molecule has 0 atom stereocenters. The molecule has 1 N–H and O–H groups in total. The van der Waals surface area contributed by atoms with Crippen LogP contribution < -0.4 is 5.32 Å². The second-order valence-electron chi connectivity index (χ2n) is 3.62. The Morgan fingerprint density at radius 3 is 2.27 bits per heavy atom. The first-order valence-corrected chi connectivity index (χ1v) is 4.51. The topological polar surface area (TPSA) is 15.3 Å². The first kappa shape index (κ1) is 10.9. The number of hydrogen-bond acceptors (Lipinski definition) is 2. The smallest absolute Gasteiger partial charge is 0.00103 e. The van der Waals surface area contributed by atoms with Crippen LogP contribution >= 0.6 is 0 Å². The summed E-state index contributed by atoms with van der Waals surface area (Å²) in [6, 6.07) is 0.634. The average Bonchev–Trinajstić information content (AvgIpc) is 1.85. The fraction of sp³-hybridized carbons (Fsp3) is 1.00. The Balaban J connectivity index is 2.91. The molecule has 0 rings (SSSR count). The summed E-state index contributed by atoms with van der Waals surface area (Å²) < 4.78 is 0. The van der Waals surface area contributed by atoms with Crippen molar-refractivity contribution in [3.05, 3.63) is 0 Å². The summed E-state index contributed by atoms with van der Waals surface area (Å²) in [4.78, 5) is 2.23. The lowest BCUT2D eigenvalue weighted by Crippen LogP contribution is -2.24. The molecule has 0 amide bonds. The van der Waals surface area contributed by atoms with Crippen molar-refractivity contribution in [1.29, 1.82) is 0 Å². The van der Waals surface area contributed by atoms with Crippen LogP contribution in [0.4, 0.5) is 0 Å². The molecule has 0 unspecified atom stereocenters. The van der Waals surface area contributed by atoms with Crippen molar-refractivity contribution < 1.29 is 0 Å². The lowest BCUT2D eigenvalue weighted by atomic mass is 10.3. The molecule has 0 saturated carbocycles. The molecule has 2 heteroatoms. The highest BCUT2D eigenvalue weighted by Gasteiger charge is 1.92. The van der Waals surface area contributed by atoms with Crippen LogP contribution in [0.3, 0.4) is 0 Å². The molecule has 0 aromatic heterocycles. The molecule has 0 aromatic rings. The van der Waals surface area contributed by atoms with Gasteiger partial charge in [-0.1, -0.05) is 13.8 Å². The van der Waals surface area contributed by atoms with E-state index in [1.54, 1.807) is 0 Å². The number of nitrogens with zero attached hydrogens (tertiary/aromatic N) is 1. The Bertz CT molecular complexity index is 69.6. The van der Waals surface area contributed by atoms with Gasteiger partial charge in [0, 0.05) is 6.04 Å². The average molecular weight is 158 g/mol. The number of nitrogens with one attached hydrogen (secondary N) is 1. The second-order valence-corrected chi connectivity index (χ2v) is 3.62. The zero-order valence-corrected chi connectivity index (χ0v) is 8.35. The lowest BCUT2D eigenvalue weighted by molar-refractivity contribution is 0.389. The Morgan fingerprint density at radius 1 is 1.18 bits per heavy atom. The van der Waals surface area contributed by atoms with Gasteiger partial charge in [-0.15, -0.1) is 0 Å². The number of rotatable bonds is 6. The molecule has 2 nitrogen and oxygen atoms in total. The summed E-state index contributed by atoms with van der Waals surface area (Å²) in [5.41, 5.74) is 0. The Labute approximate surface area is 71.0 Å². The third-order valence-electron chi connectivity index (χ3n) is 1.58. The fourth-order valence-corrected chi connectivity index (χ4v) is 0.944. The van der Waals surface area contributed by atoms with Crippen molar-refractivity contribution in [3.8, 4) is 0 Å². The van der Waals surface area contributed by atoms with E-state index in [-0.39, 0.29) is 0 Å². The second kappa shape index (κ2) is 6.62. The maximum atomic E-state index is 3.40. The van der Waals surface area contributed by atoms with Crippen molar-refractivity contribution in [1.82, 2.24) is 10.2 Å². The minimum atomic E-state index is 0.634. The molecule has 68 valence electrons. The highest BCUT2D eigenvalue weighted by atomic mass is 15.0. The summed E-state index contributed by atoms with van der Waals surface area (Å²) in [6.07, 6.45) is 2.59. The molecule has 0 fully saturated rings. The van der Waals surface area contributed by atoms with Crippen molar-refractivity contribution in [2.45, 2.75) is 32.7 Å².